The average Bonchev–Trinajstić information content (AvgIpc) is 2.97. The molecule has 0 saturated heterocycles. The lowest BCUT2D eigenvalue weighted by Crippen LogP contribution is -2.36. The van der Waals surface area contributed by atoms with Crippen LogP contribution in [0.3, 0.4) is 0 Å². The first kappa shape index (κ1) is 12.9. The zero-order valence-electron chi connectivity index (χ0n) is 9.49. The molecular weight excluding hydrogens is 214 g/mol. The van der Waals surface area contributed by atoms with E-state index >= 15 is 0 Å². The first-order valence-electron chi connectivity index (χ1n) is 5.37. The molecule has 0 amide bonds. The summed E-state index contributed by atoms with van der Waals surface area (Å²) in [4.78, 5) is 2.21. The number of nitrogens with zero attached hydrogens (tertiary/aromatic N) is 1. The first-order valence-corrected chi connectivity index (χ1v) is 7.02. The van der Waals surface area contributed by atoms with Crippen LogP contribution >= 0.6 is 0 Å². The SMILES string of the molecule is CNCCS(=O)(=O)NCCN(C)C1CC1. The van der Waals surface area contributed by atoms with Gasteiger partial charge in [-0.1, -0.05) is 0 Å². The fraction of sp³-hybridized carbons (Fsp3) is 1.00. The number of nitrogens with one attached hydrogen (secondary N) is 2. The van der Waals surface area contributed by atoms with Crippen molar-refractivity contribution in [2.24, 2.45) is 0 Å². The minimum absolute atomic E-state index is 0.149. The molecule has 0 aromatic heterocycles. The van der Waals surface area contributed by atoms with Crippen LogP contribution < -0.4 is 10.0 Å². The predicted octanol–water partition coefficient (Wildman–Crippen LogP) is -0.781. The van der Waals surface area contributed by atoms with Crippen molar-refractivity contribution < 1.29 is 8.42 Å². The molecule has 0 atom stereocenters. The van der Waals surface area contributed by atoms with Gasteiger partial charge in [0.15, 0.2) is 0 Å². The van der Waals surface area contributed by atoms with Gasteiger partial charge in [0.2, 0.25) is 10.0 Å². The van der Waals surface area contributed by atoms with Crippen LogP contribution in [0.5, 0.6) is 0 Å². The molecule has 0 heterocycles. The van der Waals surface area contributed by atoms with Gasteiger partial charge in [0.05, 0.1) is 5.75 Å². The van der Waals surface area contributed by atoms with Gasteiger partial charge in [-0.05, 0) is 26.9 Å². The Labute approximate surface area is 92.3 Å². The Balaban J connectivity index is 2.12. The van der Waals surface area contributed by atoms with Gasteiger partial charge in [0.25, 0.3) is 0 Å². The lowest BCUT2D eigenvalue weighted by molar-refractivity contribution is 0.329. The van der Waals surface area contributed by atoms with Gasteiger partial charge in [-0.25, -0.2) is 13.1 Å². The molecule has 1 fully saturated rings. The monoisotopic (exact) mass is 235 g/mol. The van der Waals surface area contributed by atoms with E-state index in [1.807, 2.05) is 7.05 Å². The van der Waals surface area contributed by atoms with Crippen molar-refractivity contribution in [3.63, 3.8) is 0 Å². The van der Waals surface area contributed by atoms with Crippen LogP contribution in [0.4, 0.5) is 0 Å². The van der Waals surface area contributed by atoms with E-state index in [0.717, 1.165) is 6.54 Å². The van der Waals surface area contributed by atoms with Crippen LogP contribution in [-0.2, 0) is 10.0 Å². The molecule has 0 aromatic carbocycles. The fourth-order valence-electron chi connectivity index (χ4n) is 1.38. The number of hydrogen-bond donors (Lipinski definition) is 2. The van der Waals surface area contributed by atoms with Crippen molar-refractivity contribution in [1.82, 2.24) is 14.9 Å². The number of sulfonamides is 1. The van der Waals surface area contributed by atoms with E-state index in [2.05, 4.69) is 14.9 Å². The van der Waals surface area contributed by atoms with E-state index in [9.17, 15) is 8.42 Å². The molecule has 1 rings (SSSR count). The van der Waals surface area contributed by atoms with Crippen molar-refractivity contribution in [1.29, 1.82) is 0 Å². The molecule has 2 N–H and O–H groups in total. The van der Waals surface area contributed by atoms with E-state index in [0.29, 0.717) is 19.1 Å². The molecular formula is C9H21N3O2S. The number of rotatable bonds is 8. The minimum Gasteiger partial charge on any atom is -0.319 e. The number of likely N-dealkylation sites (N-methyl/N-ethyl adjacent to an activating group) is 1. The highest BCUT2D eigenvalue weighted by Crippen LogP contribution is 2.24. The Kier molecular flexibility index (Phi) is 4.98. The fourth-order valence-corrected chi connectivity index (χ4v) is 2.40. The smallest absolute Gasteiger partial charge is 0.212 e. The maximum atomic E-state index is 11.4. The molecule has 1 saturated carbocycles. The van der Waals surface area contributed by atoms with Crippen LogP contribution in [0.15, 0.2) is 0 Å². The zero-order chi connectivity index (χ0) is 11.3. The average molecular weight is 235 g/mol. The molecule has 6 heteroatoms. The van der Waals surface area contributed by atoms with Crippen LogP contribution in [0.1, 0.15) is 12.8 Å². The third-order valence-corrected chi connectivity index (χ3v) is 3.96. The summed E-state index contributed by atoms with van der Waals surface area (Å²) < 4.78 is 25.4. The van der Waals surface area contributed by atoms with Gasteiger partial charge in [0.1, 0.15) is 0 Å². The van der Waals surface area contributed by atoms with Gasteiger partial charge in [-0.3, -0.25) is 0 Å². The molecule has 0 radical (unpaired) electrons. The molecule has 0 aliphatic heterocycles. The van der Waals surface area contributed by atoms with Gasteiger partial charge in [-0.2, -0.15) is 0 Å². The lowest BCUT2D eigenvalue weighted by atomic mass is 10.5. The number of hydrogen-bond acceptors (Lipinski definition) is 4. The summed E-state index contributed by atoms with van der Waals surface area (Å²) in [5.74, 6) is 0.149. The standard InChI is InChI=1S/C9H21N3O2S/c1-10-6-8-15(13,14)11-5-7-12(2)9-3-4-9/h9-11H,3-8H2,1-2H3. The van der Waals surface area contributed by atoms with Gasteiger partial charge in [-0.15, -0.1) is 0 Å². The molecule has 15 heavy (non-hydrogen) atoms. The molecule has 0 unspecified atom stereocenters. The first-order chi connectivity index (χ1) is 7.05. The highest BCUT2D eigenvalue weighted by molar-refractivity contribution is 7.89. The van der Waals surface area contributed by atoms with E-state index in [4.69, 9.17) is 0 Å². The molecule has 0 aromatic rings. The van der Waals surface area contributed by atoms with E-state index < -0.39 is 10.0 Å². The predicted molar refractivity (Wildman–Crippen MR) is 61.4 cm³/mol. The highest BCUT2D eigenvalue weighted by Gasteiger charge is 2.25. The molecule has 0 spiro atoms. The molecule has 5 nitrogen and oxygen atoms in total. The minimum atomic E-state index is -3.08. The van der Waals surface area contributed by atoms with Crippen LogP contribution in [0.2, 0.25) is 0 Å². The summed E-state index contributed by atoms with van der Waals surface area (Å²) in [6.45, 7) is 1.80. The Morgan fingerprint density at radius 3 is 2.53 bits per heavy atom. The van der Waals surface area contributed by atoms with Crippen molar-refractivity contribution in [2.45, 2.75) is 18.9 Å². The van der Waals surface area contributed by atoms with Crippen LogP contribution in [0.25, 0.3) is 0 Å². The maximum absolute atomic E-state index is 11.4. The van der Waals surface area contributed by atoms with E-state index in [-0.39, 0.29) is 5.75 Å². The van der Waals surface area contributed by atoms with Crippen molar-refractivity contribution in [3.8, 4) is 0 Å². The second-order valence-corrected chi connectivity index (χ2v) is 5.95. The van der Waals surface area contributed by atoms with E-state index in [1.54, 1.807) is 7.05 Å². The van der Waals surface area contributed by atoms with Gasteiger partial charge >= 0.3 is 0 Å². The molecule has 1 aliphatic carbocycles. The van der Waals surface area contributed by atoms with Crippen LogP contribution in [0, 0.1) is 0 Å². The summed E-state index contributed by atoms with van der Waals surface area (Å²) in [5.41, 5.74) is 0. The molecule has 1 aliphatic rings. The van der Waals surface area contributed by atoms with Crippen LogP contribution in [-0.4, -0.2) is 58.8 Å². The van der Waals surface area contributed by atoms with Crippen molar-refractivity contribution >= 4 is 10.0 Å². The largest absolute Gasteiger partial charge is 0.319 e. The summed E-state index contributed by atoms with van der Waals surface area (Å²) in [7, 11) is 0.704. The van der Waals surface area contributed by atoms with E-state index in [1.165, 1.54) is 12.8 Å². The highest BCUT2D eigenvalue weighted by atomic mass is 32.2. The summed E-state index contributed by atoms with van der Waals surface area (Å²) in [6.07, 6.45) is 2.51. The molecule has 90 valence electrons. The van der Waals surface area contributed by atoms with Gasteiger partial charge < -0.3 is 10.2 Å². The van der Waals surface area contributed by atoms with Gasteiger partial charge in [0, 0.05) is 25.7 Å². The second kappa shape index (κ2) is 5.79. The second-order valence-electron chi connectivity index (χ2n) is 4.03. The summed E-state index contributed by atoms with van der Waals surface area (Å²) in [6, 6.07) is 0.687. The lowest BCUT2D eigenvalue weighted by Gasteiger charge is -2.15. The normalized spacial score (nSPS) is 17.3. The molecule has 0 bridgehead atoms. The third kappa shape index (κ3) is 5.46. The third-order valence-electron chi connectivity index (χ3n) is 2.58. The van der Waals surface area contributed by atoms with Crippen molar-refractivity contribution in [2.75, 3.05) is 39.5 Å². The zero-order valence-corrected chi connectivity index (χ0v) is 10.3. The Bertz CT molecular complexity index is 275. The quantitative estimate of drug-likeness (QED) is 0.579. The Morgan fingerprint density at radius 1 is 1.33 bits per heavy atom. The Morgan fingerprint density at radius 2 is 2.00 bits per heavy atom. The summed E-state index contributed by atoms with van der Waals surface area (Å²) >= 11 is 0. The summed E-state index contributed by atoms with van der Waals surface area (Å²) in [5, 5.41) is 2.82. The van der Waals surface area contributed by atoms with Crippen molar-refractivity contribution in [3.05, 3.63) is 0 Å². The topological polar surface area (TPSA) is 61.4 Å². The maximum Gasteiger partial charge on any atom is 0.212 e. The Hall–Kier alpha value is -0.170.